The summed E-state index contributed by atoms with van der Waals surface area (Å²) >= 11 is 1.65. The third-order valence-corrected chi connectivity index (χ3v) is 5.06. The highest BCUT2D eigenvalue weighted by molar-refractivity contribution is 7.09. The number of hydrogen-bond acceptors (Lipinski definition) is 4. The van der Waals surface area contributed by atoms with Gasteiger partial charge in [-0.25, -0.2) is 4.79 Å². The largest absolute Gasteiger partial charge is 0.465 e. The van der Waals surface area contributed by atoms with E-state index < -0.39 is 5.97 Å². The number of nitrogens with one attached hydrogen (secondary N) is 1. The lowest BCUT2D eigenvalue weighted by Crippen LogP contribution is -2.33. The summed E-state index contributed by atoms with van der Waals surface area (Å²) in [7, 11) is 1.35. The molecule has 6 heteroatoms. The number of H-pyrrole nitrogens is 1. The number of aromatic nitrogens is 1. The molecule has 1 amide bonds. The molecule has 0 spiro atoms. The van der Waals surface area contributed by atoms with Gasteiger partial charge in [0.2, 0.25) is 0 Å². The van der Waals surface area contributed by atoms with Crippen LogP contribution in [0.5, 0.6) is 0 Å². The van der Waals surface area contributed by atoms with Crippen molar-refractivity contribution in [3.8, 4) is 0 Å². The molecule has 2 aromatic rings. The third kappa shape index (κ3) is 3.03. The third-order valence-electron chi connectivity index (χ3n) is 4.20. The minimum Gasteiger partial charge on any atom is -0.465 e. The molecule has 5 nitrogen and oxygen atoms in total. The van der Waals surface area contributed by atoms with Gasteiger partial charge >= 0.3 is 5.97 Å². The van der Waals surface area contributed by atoms with E-state index in [0.717, 1.165) is 12.8 Å². The maximum Gasteiger partial charge on any atom is 0.339 e. The quantitative estimate of drug-likeness (QED) is 0.855. The Morgan fingerprint density at radius 3 is 2.70 bits per heavy atom. The molecule has 2 heterocycles. The SMILES string of the molecule is COC(=O)c1c(C)[nH]c(C(=O)N(Cc2cccs2)C2CC2)c1C. The lowest BCUT2D eigenvalue weighted by molar-refractivity contribution is 0.0599. The first-order valence-electron chi connectivity index (χ1n) is 7.63. The number of hydrogen-bond donors (Lipinski definition) is 1. The van der Waals surface area contributed by atoms with Crippen LogP contribution in [0.25, 0.3) is 0 Å². The lowest BCUT2D eigenvalue weighted by atomic mass is 10.1. The summed E-state index contributed by atoms with van der Waals surface area (Å²) in [4.78, 5) is 31.1. The second kappa shape index (κ2) is 6.20. The molecule has 0 bridgehead atoms. The van der Waals surface area contributed by atoms with E-state index in [-0.39, 0.29) is 5.91 Å². The predicted octanol–water partition coefficient (Wildman–Crippen LogP) is 3.28. The van der Waals surface area contributed by atoms with Crippen LogP contribution in [0.3, 0.4) is 0 Å². The number of rotatable bonds is 5. The molecule has 2 aromatic heterocycles. The van der Waals surface area contributed by atoms with Gasteiger partial charge in [-0.3, -0.25) is 4.79 Å². The second-order valence-electron chi connectivity index (χ2n) is 5.86. The number of aromatic amines is 1. The van der Waals surface area contributed by atoms with Crippen LogP contribution in [-0.4, -0.2) is 34.9 Å². The fourth-order valence-corrected chi connectivity index (χ4v) is 3.54. The molecule has 1 aliphatic carbocycles. The van der Waals surface area contributed by atoms with E-state index in [9.17, 15) is 9.59 Å². The van der Waals surface area contributed by atoms with Crippen molar-refractivity contribution in [2.24, 2.45) is 0 Å². The fraction of sp³-hybridized carbons (Fsp3) is 0.412. The molecular formula is C17H20N2O3S. The fourth-order valence-electron chi connectivity index (χ4n) is 2.84. The summed E-state index contributed by atoms with van der Waals surface area (Å²) in [6.07, 6.45) is 2.08. The summed E-state index contributed by atoms with van der Waals surface area (Å²) < 4.78 is 4.81. The van der Waals surface area contributed by atoms with Crippen LogP contribution in [0.1, 0.15) is 49.8 Å². The Bertz CT molecular complexity index is 729. The summed E-state index contributed by atoms with van der Waals surface area (Å²) in [5, 5.41) is 2.02. The number of carbonyl (C=O) groups is 2. The molecule has 1 saturated carbocycles. The molecule has 1 fully saturated rings. The maximum absolute atomic E-state index is 13.0. The number of aryl methyl sites for hydroxylation is 1. The van der Waals surface area contributed by atoms with Crippen molar-refractivity contribution in [1.82, 2.24) is 9.88 Å². The van der Waals surface area contributed by atoms with Crippen molar-refractivity contribution in [2.75, 3.05) is 7.11 Å². The maximum atomic E-state index is 13.0. The first-order valence-corrected chi connectivity index (χ1v) is 8.51. The van der Waals surface area contributed by atoms with Crippen molar-refractivity contribution >= 4 is 23.2 Å². The molecule has 0 unspecified atom stereocenters. The molecule has 0 aromatic carbocycles. The van der Waals surface area contributed by atoms with Crippen LogP contribution in [-0.2, 0) is 11.3 Å². The minimum absolute atomic E-state index is 0.0448. The van der Waals surface area contributed by atoms with Gasteiger partial charge in [0.1, 0.15) is 5.69 Å². The number of carbonyl (C=O) groups excluding carboxylic acids is 2. The zero-order valence-corrected chi connectivity index (χ0v) is 14.3. The number of thiophene rings is 1. The van der Waals surface area contributed by atoms with Crippen LogP contribution >= 0.6 is 11.3 Å². The highest BCUT2D eigenvalue weighted by atomic mass is 32.1. The summed E-state index contributed by atoms with van der Waals surface area (Å²) in [6.45, 7) is 4.20. The Kier molecular flexibility index (Phi) is 4.26. The number of esters is 1. The smallest absolute Gasteiger partial charge is 0.339 e. The zero-order chi connectivity index (χ0) is 16.6. The first kappa shape index (κ1) is 15.8. The molecule has 0 saturated heterocycles. The number of methoxy groups -OCH3 is 1. The van der Waals surface area contributed by atoms with E-state index in [1.807, 2.05) is 22.4 Å². The van der Waals surface area contributed by atoms with Gasteiger partial charge < -0.3 is 14.6 Å². The van der Waals surface area contributed by atoms with Crippen molar-refractivity contribution in [2.45, 2.75) is 39.3 Å². The van der Waals surface area contributed by atoms with Gasteiger partial charge in [-0.1, -0.05) is 6.07 Å². The molecule has 3 rings (SSSR count). The van der Waals surface area contributed by atoms with Gasteiger partial charge in [0.15, 0.2) is 0 Å². The second-order valence-corrected chi connectivity index (χ2v) is 6.89. The normalized spacial score (nSPS) is 13.9. The van der Waals surface area contributed by atoms with Crippen LogP contribution in [0.15, 0.2) is 17.5 Å². The Balaban J connectivity index is 1.90. The lowest BCUT2D eigenvalue weighted by Gasteiger charge is -2.21. The van der Waals surface area contributed by atoms with Crippen molar-refractivity contribution in [1.29, 1.82) is 0 Å². The Morgan fingerprint density at radius 1 is 1.39 bits per heavy atom. The van der Waals surface area contributed by atoms with Crippen molar-refractivity contribution < 1.29 is 14.3 Å². The molecule has 122 valence electrons. The zero-order valence-electron chi connectivity index (χ0n) is 13.5. The molecule has 0 atom stereocenters. The standard InChI is InChI=1S/C17H20N2O3S/c1-10-14(17(21)22-3)11(2)18-15(10)16(20)19(12-6-7-12)9-13-5-4-8-23-13/h4-5,8,12,18H,6-7,9H2,1-3H3. The van der Waals surface area contributed by atoms with Crippen molar-refractivity contribution in [3.63, 3.8) is 0 Å². The monoisotopic (exact) mass is 332 g/mol. The van der Waals surface area contributed by atoms with E-state index in [1.165, 1.54) is 12.0 Å². The highest BCUT2D eigenvalue weighted by Gasteiger charge is 2.35. The van der Waals surface area contributed by atoms with Gasteiger partial charge in [-0.2, -0.15) is 0 Å². The minimum atomic E-state index is -0.411. The van der Waals surface area contributed by atoms with Gasteiger partial charge in [-0.15, -0.1) is 11.3 Å². The summed E-state index contributed by atoms with van der Waals surface area (Å²) in [6, 6.07) is 4.34. The van der Waals surface area contributed by atoms with E-state index >= 15 is 0 Å². The molecular weight excluding hydrogens is 312 g/mol. The Hall–Kier alpha value is -2.08. The van der Waals surface area contributed by atoms with Gasteiger partial charge in [0.25, 0.3) is 5.91 Å². The Morgan fingerprint density at radius 2 is 2.13 bits per heavy atom. The van der Waals surface area contributed by atoms with Gasteiger partial charge in [0.05, 0.1) is 19.2 Å². The Labute approximate surface area is 139 Å². The number of nitrogens with zero attached hydrogens (tertiary/aromatic N) is 1. The molecule has 1 aliphatic rings. The van der Waals surface area contributed by atoms with Crippen LogP contribution in [0, 0.1) is 13.8 Å². The van der Waals surface area contributed by atoms with E-state index in [1.54, 1.807) is 25.2 Å². The van der Waals surface area contributed by atoms with E-state index in [0.29, 0.717) is 35.1 Å². The highest BCUT2D eigenvalue weighted by Crippen LogP contribution is 2.31. The van der Waals surface area contributed by atoms with E-state index in [2.05, 4.69) is 4.98 Å². The van der Waals surface area contributed by atoms with Crippen LogP contribution in [0.2, 0.25) is 0 Å². The number of ether oxygens (including phenoxy) is 1. The molecule has 0 aliphatic heterocycles. The van der Waals surface area contributed by atoms with Gasteiger partial charge in [0, 0.05) is 16.6 Å². The first-order chi connectivity index (χ1) is 11.0. The molecule has 23 heavy (non-hydrogen) atoms. The topological polar surface area (TPSA) is 62.4 Å². The predicted molar refractivity (Wildman–Crippen MR) is 88.8 cm³/mol. The molecule has 1 N–H and O–H groups in total. The van der Waals surface area contributed by atoms with Gasteiger partial charge in [-0.05, 0) is 43.7 Å². The van der Waals surface area contributed by atoms with Crippen LogP contribution in [0.4, 0.5) is 0 Å². The number of amides is 1. The molecule has 0 radical (unpaired) electrons. The average molecular weight is 332 g/mol. The summed E-state index contributed by atoms with van der Waals surface area (Å²) in [5.41, 5.74) is 2.29. The average Bonchev–Trinajstić information content (AvgIpc) is 3.16. The summed E-state index contributed by atoms with van der Waals surface area (Å²) in [5.74, 6) is -0.455. The van der Waals surface area contributed by atoms with Crippen LogP contribution < -0.4 is 0 Å². The van der Waals surface area contributed by atoms with E-state index in [4.69, 9.17) is 4.74 Å². The van der Waals surface area contributed by atoms with Crippen molar-refractivity contribution in [3.05, 3.63) is 44.9 Å².